The highest BCUT2D eigenvalue weighted by Crippen LogP contribution is 2.43. The number of quaternary nitrogens is 1. The van der Waals surface area contributed by atoms with E-state index in [-0.39, 0.29) is 39.5 Å². The van der Waals surface area contributed by atoms with E-state index in [4.69, 9.17) is 32.9 Å². The molecule has 0 saturated heterocycles. The summed E-state index contributed by atoms with van der Waals surface area (Å²) in [4.78, 5) is 17.7. The van der Waals surface area contributed by atoms with E-state index in [1.54, 1.807) is 19.2 Å². The number of nitrogens with zero attached hydrogens (tertiary/aromatic N) is 3. The molecule has 1 unspecified atom stereocenters. The van der Waals surface area contributed by atoms with Gasteiger partial charge in [-0.15, -0.1) is 0 Å². The molecule has 1 aliphatic rings. The maximum Gasteiger partial charge on any atom is 0.251 e. The summed E-state index contributed by atoms with van der Waals surface area (Å²) in [7, 11) is 7.68. The van der Waals surface area contributed by atoms with Crippen molar-refractivity contribution in [1.82, 2.24) is 14.9 Å². The number of amides is 1. The molecule has 1 heterocycles. The van der Waals surface area contributed by atoms with Crippen LogP contribution in [0.3, 0.4) is 0 Å². The third-order valence-electron chi connectivity index (χ3n) is 7.67. The van der Waals surface area contributed by atoms with Crippen molar-refractivity contribution in [3.05, 3.63) is 104 Å². The summed E-state index contributed by atoms with van der Waals surface area (Å²) >= 11 is 14.2. The number of carbonyl (C=O) groups is 1. The number of likely N-dealkylation sites (N-methyl/N-ethyl adjacent to an activating group) is 1. The van der Waals surface area contributed by atoms with Crippen molar-refractivity contribution in [3.8, 4) is 11.4 Å². The maximum absolute atomic E-state index is 15.4. The number of fused-ring (bicyclic) bond motifs is 1. The zero-order valence-electron chi connectivity index (χ0n) is 25.1. The lowest BCUT2D eigenvalue weighted by atomic mass is 9.84. The zero-order chi connectivity index (χ0) is 31.6. The molecule has 1 aliphatic carbocycles. The quantitative estimate of drug-likeness (QED) is 0.140. The van der Waals surface area contributed by atoms with E-state index in [9.17, 15) is 9.18 Å². The Kier molecular flexibility index (Phi) is 9.89. The van der Waals surface area contributed by atoms with Gasteiger partial charge >= 0.3 is 0 Å². The van der Waals surface area contributed by atoms with Gasteiger partial charge in [-0.05, 0) is 73.4 Å². The fourth-order valence-electron chi connectivity index (χ4n) is 5.38. The van der Waals surface area contributed by atoms with Crippen molar-refractivity contribution in [3.63, 3.8) is 0 Å². The van der Waals surface area contributed by atoms with Gasteiger partial charge in [0.25, 0.3) is 5.91 Å². The first-order chi connectivity index (χ1) is 20.9. The van der Waals surface area contributed by atoms with Crippen LogP contribution in [0.1, 0.15) is 51.6 Å². The Hall–Kier alpha value is -3.11. The molecule has 6 nitrogen and oxygen atoms in total. The summed E-state index contributed by atoms with van der Waals surface area (Å²) in [5, 5.41) is 4.18. The molecule has 0 bridgehead atoms. The van der Waals surface area contributed by atoms with Crippen molar-refractivity contribution in [2.45, 2.75) is 36.1 Å². The molecule has 0 aliphatic heterocycles. The Morgan fingerprint density at radius 3 is 2.52 bits per heavy atom. The third kappa shape index (κ3) is 7.23. The van der Waals surface area contributed by atoms with E-state index < -0.39 is 5.82 Å². The molecule has 5 rings (SSSR count). The number of imidazole rings is 1. The maximum atomic E-state index is 15.4. The molecule has 1 aromatic heterocycles. The molecule has 3 aromatic carbocycles. The third-order valence-corrected chi connectivity index (χ3v) is 9.29. The predicted molar refractivity (Wildman–Crippen MR) is 173 cm³/mol. The Labute approximate surface area is 270 Å². The number of aryl methyl sites for hydroxylation is 1. The normalized spacial score (nSPS) is 14.8. The van der Waals surface area contributed by atoms with Crippen LogP contribution < -0.4 is 10.1 Å². The molecular formula is C33H35Cl2F2N4O2S+. The van der Waals surface area contributed by atoms with Crippen molar-refractivity contribution in [1.29, 1.82) is 0 Å². The monoisotopic (exact) mass is 659 g/mol. The predicted octanol–water partition coefficient (Wildman–Crippen LogP) is 7.66. The van der Waals surface area contributed by atoms with Gasteiger partial charge in [-0.2, -0.15) is 0 Å². The van der Waals surface area contributed by atoms with Gasteiger partial charge in [0.05, 0.1) is 57.8 Å². The Morgan fingerprint density at radius 1 is 1.09 bits per heavy atom. The molecule has 1 atom stereocenters. The first-order valence-electron chi connectivity index (χ1n) is 14.4. The fourth-order valence-corrected chi connectivity index (χ4v) is 7.00. The SMILES string of the molecule is COc1cc(C2CCCc3nc(SCc4c(F)cc(C(=O)NCC[N+](C)(C)C)cc4Cl)n(-c4ccc(F)cc4)c32)ccc1Cl. The van der Waals surface area contributed by atoms with Gasteiger partial charge in [0, 0.05) is 33.5 Å². The van der Waals surface area contributed by atoms with Gasteiger partial charge in [-0.3, -0.25) is 9.36 Å². The van der Waals surface area contributed by atoms with E-state index in [2.05, 4.69) is 5.32 Å². The number of ether oxygens (including phenoxy) is 1. The van der Waals surface area contributed by atoms with E-state index in [1.165, 1.54) is 36.0 Å². The van der Waals surface area contributed by atoms with Gasteiger partial charge in [0.15, 0.2) is 5.16 Å². The summed E-state index contributed by atoms with van der Waals surface area (Å²) in [6.45, 7) is 1.19. The molecule has 0 spiro atoms. The number of nitrogens with one attached hydrogen (secondary N) is 1. The van der Waals surface area contributed by atoms with E-state index in [1.807, 2.05) is 43.9 Å². The Balaban J connectivity index is 1.46. The van der Waals surface area contributed by atoms with Gasteiger partial charge in [-0.1, -0.05) is 41.0 Å². The van der Waals surface area contributed by atoms with Crippen LogP contribution in [0, 0.1) is 11.6 Å². The summed E-state index contributed by atoms with van der Waals surface area (Å²) in [5.74, 6) is -0.502. The molecule has 1 amide bonds. The molecular weight excluding hydrogens is 625 g/mol. The van der Waals surface area contributed by atoms with E-state index in [0.29, 0.717) is 27.0 Å². The van der Waals surface area contributed by atoms with Crippen LogP contribution in [0.5, 0.6) is 5.75 Å². The lowest BCUT2D eigenvalue weighted by Gasteiger charge is -2.26. The largest absolute Gasteiger partial charge is 0.495 e. The lowest BCUT2D eigenvalue weighted by Crippen LogP contribution is -2.41. The molecule has 1 N–H and O–H groups in total. The Bertz CT molecular complexity index is 1650. The number of hydrogen-bond acceptors (Lipinski definition) is 4. The highest BCUT2D eigenvalue weighted by atomic mass is 35.5. The Morgan fingerprint density at radius 2 is 1.84 bits per heavy atom. The van der Waals surface area contributed by atoms with Crippen LogP contribution in [0.4, 0.5) is 8.78 Å². The molecule has 4 aromatic rings. The number of carbonyl (C=O) groups excluding carboxylic acids is 1. The van der Waals surface area contributed by atoms with E-state index >= 15 is 4.39 Å². The average molecular weight is 661 g/mol. The topological polar surface area (TPSA) is 56.1 Å². The highest BCUT2D eigenvalue weighted by molar-refractivity contribution is 7.98. The second kappa shape index (κ2) is 13.5. The summed E-state index contributed by atoms with van der Waals surface area (Å²) < 4.78 is 37.6. The van der Waals surface area contributed by atoms with Gasteiger partial charge < -0.3 is 14.5 Å². The van der Waals surface area contributed by atoms with Crippen molar-refractivity contribution in [2.75, 3.05) is 41.3 Å². The summed E-state index contributed by atoms with van der Waals surface area (Å²) in [6.07, 6.45) is 2.60. The smallest absolute Gasteiger partial charge is 0.251 e. The fraction of sp³-hybridized carbons (Fsp3) is 0.333. The van der Waals surface area contributed by atoms with Crippen molar-refractivity contribution < 1.29 is 22.8 Å². The molecule has 232 valence electrons. The van der Waals surface area contributed by atoms with Crippen molar-refractivity contribution >= 4 is 40.9 Å². The van der Waals surface area contributed by atoms with Crippen molar-refractivity contribution in [2.24, 2.45) is 0 Å². The number of rotatable bonds is 10. The highest BCUT2D eigenvalue weighted by Gasteiger charge is 2.31. The molecule has 0 fully saturated rings. The molecule has 0 saturated carbocycles. The first-order valence-corrected chi connectivity index (χ1v) is 16.1. The van der Waals surface area contributed by atoms with Crippen LogP contribution in [-0.2, 0) is 12.2 Å². The summed E-state index contributed by atoms with van der Waals surface area (Å²) in [5.41, 5.74) is 4.19. The standard InChI is InChI=1S/C33H34Cl2F2N4O2S/c1-41(2,3)15-14-38-32(42)21-16-27(35)25(28(37)17-21)19-44-33-39-29-7-5-6-24(20-8-13-26(34)30(18-20)43-4)31(29)40(33)23-11-9-22(36)10-12-23/h8-13,16-18,24H,5-7,14-15,19H2,1-4H3/p+1. The molecule has 44 heavy (non-hydrogen) atoms. The van der Waals surface area contributed by atoms with Crippen LogP contribution in [0.15, 0.2) is 59.8 Å². The van der Waals surface area contributed by atoms with Crippen LogP contribution in [-0.4, -0.2) is 61.3 Å². The number of methoxy groups -OCH3 is 1. The van der Waals surface area contributed by atoms with Crippen LogP contribution in [0.2, 0.25) is 10.0 Å². The minimum absolute atomic E-state index is 0.00739. The minimum Gasteiger partial charge on any atom is -0.495 e. The second-order valence-corrected chi connectivity index (χ2v) is 13.6. The van der Waals surface area contributed by atoms with Gasteiger partial charge in [0.2, 0.25) is 0 Å². The number of aromatic nitrogens is 2. The second-order valence-electron chi connectivity index (χ2n) is 11.9. The van der Waals surface area contributed by atoms with Gasteiger partial charge in [-0.25, -0.2) is 13.8 Å². The zero-order valence-corrected chi connectivity index (χ0v) is 27.4. The number of benzene rings is 3. The number of hydrogen-bond donors (Lipinski definition) is 1. The molecule has 11 heteroatoms. The lowest BCUT2D eigenvalue weighted by molar-refractivity contribution is -0.869. The van der Waals surface area contributed by atoms with Crippen LogP contribution >= 0.6 is 35.0 Å². The van der Waals surface area contributed by atoms with E-state index in [0.717, 1.165) is 48.4 Å². The van der Waals surface area contributed by atoms with Crippen LogP contribution in [0.25, 0.3) is 5.69 Å². The number of halogens is 4. The minimum atomic E-state index is -0.558. The summed E-state index contributed by atoms with van der Waals surface area (Å²) in [6, 6.07) is 14.8. The average Bonchev–Trinajstić information content (AvgIpc) is 3.35. The molecule has 0 radical (unpaired) electrons. The first kappa shape index (κ1) is 32.3. The number of thioether (sulfide) groups is 1. The van der Waals surface area contributed by atoms with Gasteiger partial charge in [0.1, 0.15) is 17.4 Å².